The highest BCUT2D eigenvalue weighted by Gasteiger charge is 2.38. The Morgan fingerprint density at radius 1 is 1.29 bits per heavy atom. The molecule has 1 aromatic heterocycles. The Morgan fingerprint density at radius 3 is 2.62 bits per heavy atom. The molecule has 0 saturated heterocycles. The first kappa shape index (κ1) is 14.6. The Hall–Kier alpha value is -1.30. The van der Waals surface area contributed by atoms with Gasteiger partial charge in [-0.05, 0) is 31.9 Å². The molecule has 5 heteroatoms. The topological polar surface area (TPSA) is 47.0 Å². The minimum atomic E-state index is 0.0126. The summed E-state index contributed by atoms with van der Waals surface area (Å²) in [4.78, 5) is 0. The molecule has 3 rings (SSSR count). The molecule has 0 spiro atoms. The summed E-state index contributed by atoms with van der Waals surface area (Å²) < 4.78 is 5.68. The normalized spacial score (nSPS) is 18.2. The van der Waals surface area contributed by atoms with E-state index in [9.17, 15) is 0 Å². The fourth-order valence-corrected chi connectivity index (χ4v) is 3.94. The van der Waals surface area contributed by atoms with Crippen molar-refractivity contribution in [3.63, 3.8) is 0 Å². The molecule has 1 heterocycles. The van der Waals surface area contributed by atoms with E-state index in [4.69, 9.17) is 4.74 Å². The van der Waals surface area contributed by atoms with Gasteiger partial charge in [-0.1, -0.05) is 41.7 Å². The summed E-state index contributed by atoms with van der Waals surface area (Å²) >= 11 is 1.69. The molecule has 4 nitrogen and oxygen atoms in total. The van der Waals surface area contributed by atoms with Crippen LogP contribution in [0, 0.1) is 0 Å². The molecule has 0 aliphatic heterocycles. The van der Waals surface area contributed by atoms with E-state index in [-0.39, 0.29) is 11.6 Å². The van der Waals surface area contributed by atoms with E-state index in [0.29, 0.717) is 0 Å². The van der Waals surface area contributed by atoms with Gasteiger partial charge in [0, 0.05) is 13.5 Å². The van der Waals surface area contributed by atoms with E-state index in [0.717, 1.165) is 29.3 Å². The van der Waals surface area contributed by atoms with Gasteiger partial charge in [-0.2, -0.15) is 0 Å². The lowest BCUT2D eigenvalue weighted by Crippen LogP contribution is -2.41. The number of nitrogens with one attached hydrogen (secondary N) is 1. The first-order valence-electron chi connectivity index (χ1n) is 7.36. The van der Waals surface area contributed by atoms with Crippen molar-refractivity contribution >= 4 is 11.3 Å². The van der Waals surface area contributed by atoms with Gasteiger partial charge in [0.25, 0.3) is 0 Å². The summed E-state index contributed by atoms with van der Waals surface area (Å²) in [7, 11) is 3.77. The molecule has 1 unspecified atom stereocenters. The van der Waals surface area contributed by atoms with E-state index in [1.807, 2.05) is 20.2 Å². The van der Waals surface area contributed by atoms with Crippen LogP contribution >= 0.6 is 11.3 Å². The predicted molar refractivity (Wildman–Crippen MR) is 84.5 cm³/mol. The van der Waals surface area contributed by atoms with E-state index in [1.54, 1.807) is 11.3 Å². The number of ether oxygens (including phenoxy) is 1. The zero-order valence-corrected chi connectivity index (χ0v) is 13.3. The number of aromatic nitrogens is 2. The number of nitrogens with zero attached hydrogens (tertiary/aromatic N) is 2. The zero-order valence-electron chi connectivity index (χ0n) is 12.5. The Morgan fingerprint density at radius 2 is 2.05 bits per heavy atom. The largest absolute Gasteiger partial charge is 0.378 e. The van der Waals surface area contributed by atoms with Crippen molar-refractivity contribution in [2.24, 2.45) is 0 Å². The molecule has 1 saturated carbocycles. The predicted octanol–water partition coefficient (Wildman–Crippen LogP) is 2.96. The highest BCUT2D eigenvalue weighted by molar-refractivity contribution is 7.11. The maximum Gasteiger partial charge on any atom is 0.139 e. The number of methoxy groups -OCH3 is 1. The van der Waals surface area contributed by atoms with Crippen molar-refractivity contribution in [2.75, 3.05) is 14.2 Å². The van der Waals surface area contributed by atoms with Crippen LogP contribution in [0.3, 0.4) is 0 Å². The minimum Gasteiger partial charge on any atom is -0.378 e. The minimum absolute atomic E-state index is 0.0126. The van der Waals surface area contributed by atoms with Crippen LogP contribution in [0.15, 0.2) is 30.3 Å². The van der Waals surface area contributed by atoms with Crippen LogP contribution in [0.2, 0.25) is 0 Å². The Bertz CT molecular complexity index is 575. The van der Waals surface area contributed by atoms with Gasteiger partial charge in [0.1, 0.15) is 10.0 Å². The molecule has 0 radical (unpaired) electrons. The third-order valence-electron chi connectivity index (χ3n) is 4.32. The second-order valence-corrected chi connectivity index (χ2v) is 6.68. The van der Waals surface area contributed by atoms with E-state index in [2.05, 4.69) is 39.8 Å². The third-order valence-corrected chi connectivity index (χ3v) is 5.31. The molecule has 1 aliphatic rings. The third kappa shape index (κ3) is 3.00. The number of rotatable bonds is 6. The highest BCUT2D eigenvalue weighted by atomic mass is 32.1. The fraction of sp³-hybridized carbons (Fsp3) is 0.500. The average molecular weight is 303 g/mol. The molecule has 2 aromatic rings. The molecule has 112 valence electrons. The van der Waals surface area contributed by atoms with Gasteiger partial charge >= 0.3 is 0 Å². The zero-order chi connectivity index (χ0) is 14.7. The summed E-state index contributed by atoms with van der Waals surface area (Å²) in [5.41, 5.74) is 1.23. The Balaban J connectivity index is 1.77. The van der Waals surface area contributed by atoms with Crippen LogP contribution in [0.25, 0.3) is 0 Å². The first-order chi connectivity index (χ1) is 10.3. The molecule has 21 heavy (non-hydrogen) atoms. The number of hydrogen-bond donors (Lipinski definition) is 1. The maximum absolute atomic E-state index is 5.68. The van der Waals surface area contributed by atoms with Gasteiger partial charge < -0.3 is 10.1 Å². The van der Waals surface area contributed by atoms with Crippen molar-refractivity contribution < 1.29 is 4.74 Å². The van der Waals surface area contributed by atoms with Crippen LogP contribution in [-0.2, 0) is 11.2 Å². The molecule has 1 aliphatic carbocycles. The van der Waals surface area contributed by atoms with E-state index in [1.165, 1.54) is 12.0 Å². The van der Waals surface area contributed by atoms with Crippen LogP contribution in [-0.4, -0.2) is 30.0 Å². The molecular weight excluding hydrogens is 282 g/mol. The van der Waals surface area contributed by atoms with E-state index < -0.39 is 0 Å². The quantitative estimate of drug-likeness (QED) is 0.891. The highest BCUT2D eigenvalue weighted by Crippen LogP contribution is 2.39. The van der Waals surface area contributed by atoms with Gasteiger partial charge in [0.05, 0.1) is 11.6 Å². The second kappa shape index (κ2) is 6.22. The summed E-state index contributed by atoms with van der Waals surface area (Å²) in [6.07, 6.45) is 4.40. The SMILES string of the molecule is CNC(c1ccccc1)c1nnc(CC2(OC)CCC2)s1. The van der Waals surface area contributed by atoms with Gasteiger partial charge in [-0.15, -0.1) is 10.2 Å². The fourth-order valence-electron chi connectivity index (χ4n) is 2.83. The lowest BCUT2D eigenvalue weighted by atomic mass is 9.78. The average Bonchev–Trinajstić information content (AvgIpc) is 2.93. The van der Waals surface area contributed by atoms with Crippen molar-refractivity contribution in [2.45, 2.75) is 37.3 Å². The molecule has 1 fully saturated rings. The molecule has 1 atom stereocenters. The summed E-state index contributed by atoms with van der Waals surface area (Å²) in [6.45, 7) is 0. The second-order valence-electron chi connectivity index (χ2n) is 5.58. The Kier molecular flexibility index (Phi) is 4.33. The molecule has 0 bridgehead atoms. The number of benzene rings is 1. The van der Waals surface area contributed by atoms with Crippen molar-refractivity contribution in [1.82, 2.24) is 15.5 Å². The maximum atomic E-state index is 5.68. The van der Waals surface area contributed by atoms with Crippen LogP contribution in [0.4, 0.5) is 0 Å². The van der Waals surface area contributed by atoms with Crippen molar-refractivity contribution in [3.05, 3.63) is 45.9 Å². The lowest BCUT2D eigenvalue weighted by molar-refractivity contribution is -0.0709. The van der Waals surface area contributed by atoms with Crippen LogP contribution < -0.4 is 5.32 Å². The molecule has 1 N–H and O–H groups in total. The van der Waals surface area contributed by atoms with Crippen LogP contribution in [0.5, 0.6) is 0 Å². The smallest absolute Gasteiger partial charge is 0.139 e. The monoisotopic (exact) mass is 303 g/mol. The van der Waals surface area contributed by atoms with Gasteiger partial charge in [0.15, 0.2) is 0 Å². The molecular formula is C16H21N3OS. The van der Waals surface area contributed by atoms with Crippen molar-refractivity contribution in [1.29, 1.82) is 0 Å². The summed E-state index contributed by atoms with van der Waals surface area (Å²) in [5, 5.41) is 14.2. The van der Waals surface area contributed by atoms with Crippen molar-refractivity contribution in [3.8, 4) is 0 Å². The standard InChI is InChI=1S/C16H21N3OS/c1-17-14(12-7-4-3-5-8-12)15-19-18-13(21-15)11-16(20-2)9-6-10-16/h3-5,7-8,14,17H,6,9-11H2,1-2H3. The Labute approximate surface area is 129 Å². The molecule has 0 amide bonds. The van der Waals surface area contributed by atoms with E-state index >= 15 is 0 Å². The lowest BCUT2D eigenvalue weighted by Gasteiger charge is -2.39. The summed E-state index contributed by atoms with van der Waals surface area (Å²) in [5.74, 6) is 0. The van der Waals surface area contributed by atoms with Gasteiger partial charge in [0.2, 0.25) is 0 Å². The van der Waals surface area contributed by atoms with Crippen LogP contribution in [0.1, 0.15) is 40.9 Å². The molecule has 1 aromatic carbocycles. The van der Waals surface area contributed by atoms with Gasteiger partial charge in [-0.25, -0.2) is 0 Å². The summed E-state index contributed by atoms with van der Waals surface area (Å²) in [6, 6.07) is 10.5. The number of hydrogen-bond acceptors (Lipinski definition) is 5. The van der Waals surface area contributed by atoms with Gasteiger partial charge in [-0.3, -0.25) is 0 Å². The first-order valence-corrected chi connectivity index (χ1v) is 8.18.